The number of hydrogen-bond donors (Lipinski definition) is 2. The lowest BCUT2D eigenvalue weighted by Gasteiger charge is -2.13. The molecular formula is C21H25BrN2O4. The van der Waals surface area contributed by atoms with Crippen LogP contribution in [0.15, 0.2) is 46.9 Å². The molecule has 0 fully saturated rings. The van der Waals surface area contributed by atoms with E-state index in [1.165, 1.54) is 5.56 Å². The number of para-hydroxylation sites is 1. The summed E-state index contributed by atoms with van der Waals surface area (Å²) in [5.74, 6) is 0.00782. The van der Waals surface area contributed by atoms with Crippen molar-refractivity contribution in [2.24, 2.45) is 0 Å². The summed E-state index contributed by atoms with van der Waals surface area (Å²) in [5.41, 5.74) is 2.02. The molecule has 0 aliphatic rings. The van der Waals surface area contributed by atoms with Crippen LogP contribution in [0.1, 0.15) is 29.3 Å². The zero-order valence-electron chi connectivity index (χ0n) is 16.1. The Labute approximate surface area is 173 Å². The second-order valence-electron chi connectivity index (χ2n) is 6.10. The molecular weight excluding hydrogens is 424 g/mol. The van der Waals surface area contributed by atoms with Gasteiger partial charge in [-0.05, 0) is 58.6 Å². The van der Waals surface area contributed by atoms with Crippen LogP contribution in [0.25, 0.3) is 0 Å². The lowest BCUT2D eigenvalue weighted by molar-refractivity contribution is -0.118. The van der Waals surface area contributed by atoms with Crippen molar-refractivity contribution in [1.82, 2.24) is 5.32 Å². The Hall–Kier alpha value is -2.38. The Kier molecular flexibility index (Phi) is 8.97. The lowest BCUT2D eigenvalue weighted by atomic mass is 10.1. The van der Waals surface area contributed by atoms with Gasteiger partial charge in [0, 0.05) is 20.3 Å². The molecule has 150 valence electrons. The highest BCUT2D eigenvalue weighted by Gasteiger charge is 2.13. The molecule has 0 saturated heterocycles. The van der Waals surface area contributed by atoms with E-state index in [0.717, 1.165) is 17.3 Å². The minimum atomic E-state index is -0.342. The molecule has 6 nitrogen and oxygen atoms in total. The van der Waals surface area contributed by atoms with Crippen LogP contribution < -0.4 is 15.4 Å². The molecule has 2 aromatic rings. The van der Waals surface area contributed by atoms with E-state index < -0.39 is 0 Å². The number of carbonyl (C=O) groups excluding carboxylic acids is 2. The predicted octanol–water partition coefficient (Wildman–Crippen LogP) is 3.80. The number of anilines is 1. The maximum absolute atomic E-state index is 12.4. The summed E-state index contributed by atoms with van der Waals surface area (Å²) in [4.78, 5) is 24.6. The number of carbonyl (C=O) groups is 2. The van der Waals surface area contributed by atoms with Gasteiger partial charge in [0.05, 0.1) is 15.7 Å². The molecule has 28 heavy (non-hydrogen) atoms. The highest BCUT2D eigenvalue weighted by Crippen LogP contribution is 2.26. The van der Waals surface area contributed by atoms with Gasteiger partial charge in [0.15, 0.2) is 6.61 Å². The lowest BCUT2D eigenvalue weighted by Crippen LogP contribution is -2.27. The molecule has 0 bridgehead atoms. The fraction of sp³-hybridized carbons (Fsp3) is 0.333. The molecule has 0 atom stereocenters. The molecule has 0 saturated carbocycles. The summed E-state index contributed by atoms with van der Waals surface area (Å²) in [6.07, 6.45) is 1.64. The van der Waals surface area contributed by atoms with Crippen LogP contribution in [0, 0.1) is 0 Å². The summed E-state index contributed by atoms with van der Waals surface area (Å²) in [7, 11) is 1.62. The average Bonchev–Trinajstić information content (AvgIpc) is 2.70. The van der Waals surface area contributed by atoms with Crippen molar-refractivity contribution >= 4 is 33.4 Å². The topological polar surface area (TPSA) is 76.7 Å². The second kappa shape index (κ2) is 11.5. The van der Waals surface area contributed by atoms with Gasteiger partial charge in [-0.3, -0.25) is 9.59 Å². The van der Waals surface area contributed by atoms with Crippen molar-refractivity contribution < 1.29 is 19.1 Å². The van der Waals surface area contributed by atoms with E-state index in [0.29, 0.717) is 30.2 Å². The predicted molar refractivity (Wildman–Crippen MR) is 113 cm³/mol. The molecule has 0 aromatic heterocycles. The monoisotopic (exact) mass is 448 g/mol. The largest absolute Gasteiger partial charge is 0.483 e. The SMILES string of the molecule is CCc1ccc(OCC(=O)Nc2ccccc2C(=O)NCCCOC)c(Br)c1. The second-order valence-corrected chi connectivity index (χ2v) is 6.96. The number of halogens is 1. The van der Waals surface area contributed by atoms with Gasteiger partial charge in [-0.15, -0.1) is 0 Å². The maximum Gasteiger partial charge on any atom is 0.262 e. The summed E-state index contributed by atoms with van der Waals surface area (Å²) in [6, 6.07) is 12.6. The van der Waals surface area contributed by atoms with Crippen LogP contribution in [0.5, 0.6) is 5.75 Å². The summed E-state index contributed by atoms with van der Waals surface area (Å²) >= 11 is 3.45. The molecule has 0 radical (unpaired) electrons. The van der Waals surface area contributed by atoms with Crippen LogP contribution in [-0.2, 0) is 16.0 Å². The molecule has 2 N–H and O–H groups in total. The van der Waals surface area contributed by atoms with E-state index in [4.69, 9.17) is 9.47 Å². The van der Waals surface area contributed by atoms with Crippen molar-refractivity contribution in [3.05, 3.63) is 58.1 Å². The minimum Gasteiger partial charge on any atom is -0.483 e. The number of nitrogens with one attached hydrogen (secondary N) is 2. The van der Waals surface area contributed by atoms with Gasteiger partial charge in [-0.1, -0.05) is 25.1 Å². The summed E-state index contributed by atoms with van der Waals surface area (Å²) < 4.78 is 11.4. The van der Waals surface area contributed by atoms with Gasteiger partial charge in [-0.25, -0.2) is 0 Å². The Morgan fingerprint density at radius 2 is 1.93 bits per heavy atom. The van der Waals surface area contributed by atoms with Crippen LogP contribution in [0.2, 0.25) is 0 Å². The molecule has 0 heterocycles. The Morgan fingerprint density at radius 1 is 1.14 bits per heavy atom. The molecule has 7 heteroatoms. The average molecular weight is 449 g/mol. The third-order valence-electron chi connectivity index (χ3n) is 4.02. The quantitative estimate of drug-likeness (QED) is 0.542. The van der Waals surface area contributed by atoms with Gasteiger partial charge in [-0.2, -0.15) is 0 Å². The third kappa shape index (κ3) is 6.65. The van der Waals surface area contributed by atoms with Crippen molar-refractivity contribution in [3.8, 4) is 5.75 Å². The fourth-order valence-electron chi connectivity index (χ4n) is 2.51. The minimum absolute atomic E-state index is 0.159. The first-order chi connectivity index (χ1) is 13.5. The van der Waals surface area contributed by atoms with Gasteiger partial charge in [0.25, 0.3) is 11.8 Å². The number of hydrogen-bond acceptors (Lipinski definition) is 4. The zero-order chi connectivity index (χ0) is 20.4. The van der Waals surface area contributed by atoms with E-state index in [1.807, 2.05) is 18.2 Å². The number of methoxy groups -OCH3 is 1. The molecule has 0 spiro atoms. The number of benzene rings is 2. The third-order valence-corrected chi connectivity index (χ3v) is 4.64. The Balaban J connectivity index is 1.94. The summed E-state index contributed by atoms with van der Waals surface area (Å²) in [5, 5.41) is 5.56. The van der Waals surface area contributed by atoms with Crippen LogP contribution in [0.3, 0.4) is 0 Å². The van der Waals surface area contributed by atoms with Gasteiger partial charge >= 0.3 is 0 Å². The van der Waals surface area contributed by atoms with E-state index in [2.05, 4.69) is 33.5 Å². The maximum atomic E-state index is 12.4. The smallest absolute Gasteiger partial charge is 0.262 e. The Morgan fingerprint density at radius 3 is 2.64 bits per heavy atom. The van der Waals surface area contributed by atoms with Crippen LogP contribution >= 0.6 is 15.9 Å². The van der Waals surface area contributed by atoms with Crippen molar-refractivity contribution in [2.45, 2.75) is 19.8 Å². The molecule has 2 aromatic carbocycles. The summed E-state index contributed by atoms with van der Waals surface area (Å²) in [6.45, 7) is 2.99. The van der Waals surface area contributed by atoms with E-state index in [-0.39, 0.29) is 18.4 Å². The van der Waals surface area contributed by atoms with Crippen molar-refractivity contribution in [2.75, 3.05) is 32.2 Å². The first-order valence-electron chi connectivity index (χ1n) is 9.12. The normalized spacial score (nSPS) is 10.4. The van der Waals surface area contributed by atoms with E-state index in [1.54, 1.807) is 31.4 Å². The van der Waals surface area contributed by atoms with Crippen LogP contribution in [-0.4, -0.2) is 38.7 Å². The molecule has 0 aliphatic heterocycles. The number of aryl methyl sites for hydroxylation is 1. The molecule has 2 amide bonds. The molecule has 0 unspecified atom stereocenters. The van der Waals surface area contributed by atoms with Gasteiger partial charge in [0.1, 0.15) is 5.75 Å². The highest BCUT2D eigenvalue weighted by molar-refractivity contribution is 9.10. The fourth-order valence-corrected chi connectivity index (χ4v) is 3.06. The van der Waals surface area contributed by atoms with Gasteiger partial charge in [0.2, 0.25) is 0 Å². The Bertz CT molecular complexity index is 811. The number of amides is 2. The first-order valence-corrected chi connectivity index (χ1v) is 9.91. The van der Waals surface area contributed by atoms with Gasteiger partial charge < -0.3 is 20.1 Å². The molecule has 2 rings (SSSR count). The van der Waals surface area contributed by atoms with E-state index in [9.17, 15) is 9.59 Å². The zero-order valence-corrected chi connectivity index (χ0v) is 17.7. The van der Waals surface area contributed by atoms with Crippen molar-refractivity contribution in [3.63, 3.8) is 0 Å². The molecule has 0 aliphatic carbocycles. The number of ether oxygens (including phenoxy) is 2. The highest BCUT2D eigenvalue weighted by atomic mass is 79.9. The van der Waals surface area contributed by atoms with Crippen LogP contribution in [0.4, 0.5) is 5.69 Å². The standard InChI is InChI=1S/C21H25BrN2O4/c1-3-15-9-10-19(17(22)13-15)28-14-20(25)24-18-8-5-4-7-16(18)21(26)23-11-6-12-27-2/h4-5,7-10,13H,3,6,11-12,14H2,1-2H3,(H,23,26)(H,24,25). The number of rotatable bonds is 10. The first kappa shape index (κ1) is 21.9. The van der Waals surface area contributed by atoms with E-state index >= 15 is 0 Å². The van der Waals surface area contributed by atoms with Crippen molar-refractivity contribution in [1.29, 1.82) is 0 Å².